The maximum absolute atomic E-state index is 12.5. The number of nitrogen functional groups attached to an aromatic ring is 2. The minimum absolute atomic E-state index is 0.00745. The molecule has 1 aliphatic heterocycles. The molecule has 0 amide bonds. The SMILES string of the molecule is Nc1nc(N)c2nnn([C@@H]3O/C(=C/F)[C@@H](O)[C@H]3O)c2n1. The molecule has 0 radical (unpaired) electrons. The number of nitrogens with zero attached hydrogens (tertiary/aromatic N) is 5. The van der Waals surface area contributed by atoms with Crippen LogP contribution < -0.4 is 11.5 Å². The van der Waals surface area contributed by atoms with Crippen LogP contribution in [0.1, 0.15) is 6.23 Å². The number of rotatable bonds is 1. The van der Waals surface area contributed by atoms with Gasteiger partial charge in [0.05, 0.1) is 0 Å². The van der Waals surface area contributed by atoms with Crippen LogP contribution in [-0.2, 0) is 4.74 Å². The number of aromatic nitrogens is 5. The van der Waals surface area contributed by atoms with Gasteiger partial charge in [0.1, 0.15) is 18.5 Å². The number of nitrogens with two attached hydrogens (primary N) is 2. The molecule has 3 heterocycles. The summed E-state index contributed by atoms with van der Waals surface area (Å²) in [4.78, 5) is 7.60. The van der Waals surface area contributed by atoms with Crippen molar-refractivity contribution in [3.8, 4) is 0 Å². The number of aliphatic hydroxyl groups is 2. The second-order valence-corrected chi connectivity index (χ2v) is 4.13. The van der Waals surface area contributed by atoms with Gasteiger partial charge in [0.2, 0.25) is 12.2 Å². The lowest BCUT2D eigenvalue weighted by atomic mass is 10.2. The maximum Gasteiger partial charge on any atom is 0.224 e. The van der Waals surface area contributed by atoms with Gasteiger partial charge in [-0.15, -0.1) is 5.10 Å². The van der Waals surface area contributed by atoms with Crippen molar-refractivity contribution in [3.05, 3.63) is 12.1 Å². The van der Waals surface area contributed by atoms with E-state index in [9.17, 15) is 14.6 Å². The van der Waals surface area contributed by atoms with Gasteiger partial charge in [0.25, 0.3) is 0 Å². The quantitative estimate of drug-likeness (QED) is 0.485. The van der Waals surface area contributed by atoms with E-state index in [-0.39, 0.29) is 29.3 Å². The van der Waals surface area contributed by atoms with Crippen molar-refractivity contribution in [3.63, 3.8) is 0 Å². The van der Waals surface area contributed by atoms with E-state index in [1.165, 1.54) is 0 Å². The first kappa shape index (κ1) is 12.5. The van der Waals surface area contributed by atoms with Crippen LogP contribution in [-0.4, -0.2) is 47.4 Å². The molecule has 0 unspecified atom stereocenters. The van der Waals surface area contributed by atoms with Crippen molar-refractivity contribution < 1.29 is 19.3 Å². The average Bonchev–Trinajstić information content (AvgIpc) is 2.93. The lowest BCUT2D eigenvalue weighted by molar-refractivity contribution is -0.0193. The standard InChI is InChI=1S/C9H10FN7O3/c10-1-2-4(18)5(19)8(20-2)17-7-3(15-16-17)6(11)13-9(12)14-7/h1,4-5,8,18-19H,(H4,11,12,13,14)/b2-1+/t4-,5-,8-/m1/s1. The van der Waals surface area contributed by atoms with E-state index in [1.807, 2.05) is 0 Å². The number of ether oxygens (including phenoxy) is 1. The summed E-state index contributed by atoms with van der Waals surface area (Å²) in [6.45, 7) is 0. The van der Waals surface area contributed by atoms with Crippen molar-refractivity contribution in [2.24, 2.45) is 0 Å². The normalized spacial score (nSPS) is 28.1. The van der Waals surface area contributed by atoms with Gasteiger partial charge in [0.15, 0.2) is 22.7 Å². The van der Waals surface area contributed by atoms with Crippen molar-refractivity contribution in [2.45, 2.75) is 18.4 Å². The van der Waals surface area contributed by atoms with E-state index in [1.54, 1.807) is 0 Å². The second kappa shape index (κ2) is 4.25. The molecule has 1 fully saturated rings. The van der Waals surface area contributed by atoms with Gasteiger partial charge >= 0.3 is 0 Å². The van der Waals surface area contributed by atoms with Gasteiger partial charge in [-0.2, -0.15) is 14.6 Å². The summed E-state index contributed by atoms with van der Waals surface area (Å²) >= 11 is 0. The minimum atomic E-state index is -1.51. The van der Waals surface area contributed by atoms with Gasteiger partial charge < -0.3 is 26.4 Å². The van der Waals surface area contributed by atoms with E-state index >= 15 is 0 Å². The maximum atomic E-state index is 12.5. The van der Waals surface area contributed by atoms with E-state index < -0.39 is 24.2 Å². The zero-order valence-corrected chi connectivity index (χ0v) is 9.88. The molecule has 0 aliphatic carbocycles. The number of aliphatic hydroxyl groups excluding tert-OH is 2. The molecule has 3 rings (SSSR count). The lowest BCUT2D eigenvalue weighted by Crippen LogP contribution is -2.28. The Morgan fingerprint density at radius 1 is 1.30 bits per heavy atom. The first-order valence-corrected chi connectivity index (χ1v) is 5.50. The molecule has 1 aliphatic rings. The molecule has 0 saturated carbocycles. The Labute approximate surface area is 110 Å². The van der Waals surface area contributed by atoms with E-state index in [0.29, 0.717) is 0 Å². The number of hydrogen-bond donors (Lipinski definition) is 4. The summed E-state index contributed by atoms with van der Waals surface area (Å²) in [6, 6.07) is 0. The molecule has 3 atom stereocenters. The Hall–Kier alpha value is -2.53. The van der Waals surface area contributed by atoms with Crippen LogP contribution in [0.4, 0.5) is 16.2 Å². The van der Waals surface area contributed by atoms with Crippen LogP contribution in [0.5, 0.6) is 0 Å². The van der Waals surface area contributed by atoms with Crippen LogP contribution in [0.15, 0.2) is 12.1 Å². The van der Waals surface area contributed by atoms with Crippen molar-refractivity contribution in [1.82, 2.24) is 25.0 Å². The lowest BCUT2D eigenvalue weighted by Gasteiger charge is -2.14. The summed E-state index contributed by atoms with van der Waals surface area (Å²) in [5, 5.41) is 26.9. The Morgan fingerprint density at radius 2 is 2.05 bits per heavy atom. The van der Waals surface area contributed by atoms with Crippen molar-refractivity contribution >= 4 is 22.9 Å². The fourth-order valence-corrected chi connectivity index (χ4v) is 1.93. The Kier molecular flexibility index (Phi) is 2.65. The van der Waals surface area contributed by atoms with E-state index in [0.717, 1.165) is 4.68 Å². The Morgan fingerprint density at radius 3 is 2.70 bits per heavy atom. The molecule has 11 heteroatoms. The first-order valence-electron chi connectivity index (χ1n) is 5.50. The highest BCUT2D eigenvalue weighted by Crippen LogP contribution is 2.33. The van der Waals surface area contributed by atoms with Crippen LogP contribution in [0.2, 0.25) is 0 Å². The molecular formula is C9H10FN7O3. The molecule has 0 aromatic carbocycles. The van der Waals surface area contributed by atoms with E-state index in [2.05, 4.69) is 20.3 Å². The molecule has 2 aromatic heterocycles. The molecule has 20 heavy (non-hydrogen) atoms. The Bertz CT molecular complexity index is 702. The van der Waals surface area contributed by atoms with Gasteiger partial charge in [-0.3, -0.25) is 0 Å². The number of anilines is 2. The fraction of sp³-hybridized carbons (Fsp3) is 0.333. The van der Waals surface area contributed by atoms with Gasteiger partial charge in [-0.25, -0.2) is 4.39 Å². The second-order valence-electron chi connectivity index (χ2n) is 4.13. The highest BCUT2D eigenvalue weighted by Gasteiger charge is 2.42. The van der Waals surface area contributed by atoms with E-state index in [4.69, 9.17) is 16.2 Å². The number of fused-ring (bicyclic) bond motifs is 1. The van der Waals surface area contributed by atoms with Gasteiger partial charge in [-0.1, -0.05) is 5.21 Å². The topological polar surface area (TPSA) is 158 Å². The van der Waals surface area contributed by atoms with Crippen molar-refractivity contribution in [2.75, 3.05) is 11.5 Å². The van der Waals surface area contributed by atoms with Crippen molar-refractivity contribution in [1.29, 1.82) is 0 Å². The third-order valence-electron chi connectivity index (χ3n) is 2.88. The molecular weight excluding hydrogens is 273 g/mol. The summed E-state index contributed by atoms with van der Waals surface area (Å²) in [5.74, 6) is -0.526. The van der Waals surface area contributed by atoms with Crippen LogP contribution in [0.25, 0.3) is 11.2 Å². The minimum Gasteiger partial charge on any atom is -0.465 e. The summed E-state index contributed by atoms with van der Waals surface area (Å²) < 4.78 is 18.6. The van der Waals surface area contributed by atoms with Crippen LogP contribution in [0, 0.1) is 0 Å². The Balaban J connectivity index is 2.12. The molecule has 1 saturated heterocycles. The van der Waals surface area contributed by atoms with Gasteiger partial charge in [0, 0.05) is 0 Å². The summed E-state index contributed by atoms with van der Waals surface area (Å²) in [6.07, 6.45) is -4.10. The largest absolute Gasteiger partial charge is 0.465 e. The summed E-state index contributed by atoms with van der Waals surface area (Å²) in [5.41, 5.74) is 11.3. The van der Waals surface area contributed by atoms with Crippen LogP contribution in [0.3, 0.4) is 0 Å². The summed E-state index contributed by atoms with van der Waals surface area (Å²) in [7, 11) is 0. The number of halogens is 1. The first-order chi connectivity index (χ1) is 9.52. The predicted molar refractivity (Wildman–Crippen MR) is 63.3 cm³/mol. The number of hydrogen-bond acceptors (Lipinski definition) is 9. The predicted octanol–water partition coefficient (Wildman–Crippen LogP) is -1.55. The zero-order valence-electron chi connectivity index (χ0n) is 9.88. The van der Waals surface area contributed by atoms with Crippen LogP contribution >= 0.6 is 0 Å². The smallest absolute Gasteiger partial charge is 0.224 e. The zero-order chi connectivity index (χ0) is 14.4. The fourth-order valence-electron chi connectivity index (χ4n) is 1.93. The molecule has 0 bridgehead atoms. The third-order valence-corrected chi connectivity index (χ3v) is 2.88. The molecule has 0 spiro atoms. The average molecular weight is 283 g/mol. The molecule has 6 N–H and O–H groups in total. The molecule has 10 nitrogen and oxygen atoms in total. The molecule has 106 valence electrons. The monoisotopic (exact) mass is 283 g/mol. The highest BCUT2D eigenvalue weighted by molar-refractivity contribution is 5.81. The molecule has 2 aromatic rings. The van der Waals surface area contributed by atoms with Gasteiger partial charge in [-0.05, 0) is 0 Å². The highest BCUT2D eigenvalue weighted by atomic mass is 19.1. The third kappa shape index (κ3) is 1.64.